The van der Waals surface area contributed by atoms with Crippen molar-refractivity contribution in [2.75, 3.05) is 13.1 Å². The van der Waals surface area contributed by atoms with Gasteiger partial charge in [0.25, 0.3) is 0 Å². The van der Waals surface area contributed by atoms with Crippen molar-refractivity contribution in [1.82, 2.24) is 5.32 Å². The summed E-state index contributed by atoms with van der Waals surface area (Å²) < 4.78 is 0. The molecule has 106 valence electrons. The molecular weight excluding hydrogens is 232 g/mol. The molecule has 0 rings (SSSR count). The van der Waals surface area contributed by atoms with E-state index >= 15 is 0 Å². The van der Waals surface area contributed by atoms with Crippen LogP contribution in [0, 0.1) is 5.41 Å². The maximum absolute atomic E-state index is 11.4. The van der Waals surface area contributed by atoms with Gasteiger partial charge in [-0.05, 0) is 37.6 Å². The molecule has 0 aliphatic carbocycles. The van der Waals surface area contributed by atoms with Crippen molar-refractivity contribution in [1.29, 1.82) is 0 Å². The molecular formula is C13H26N2O3. The third kappa shape index (κ3) is 10.1. The number of nitrogens with two attached hydrogens (primary N) is 1. The molecule has 0 saturated heterocycles. The van der Waals surface area contributed by atoms with Gasteiger partial charge in [-0.15, -0.1) is 0 Å². The van der Waals surface area contributed by atoms with Crippen molar-refractivity contribution in [3.63, 3.8) is 0 Å². The van der Waals surface area contributed by atoms with Crippen molar-refractivity contribution >= 4 is 11.9 Å². The maximum Gasteiger partial charge on any atom is 0.303 e. The molecule has 1 amide bonds. The highest BCUT2D eigenvalue weighted by Gasteiger charge is 2.19. The summed E-state index contributed by atoms with van der Waals surface area (Å²) in [7, 11) is 0. The number of carboxylic acid groups (broad SMARTS) is 1. The van der Waals surface area contributed by atoms with Gasteiger partial charge in [0.05, 0.1) is 0 Å². The molecule has 0 aromatic heterocycles. The van der Waals surface area contributed by atoms with Crippen molar-refractivity contribution in [2.24, 2.45) is 11.1 Å². The largest absolute Gasteiger partial charge is 0.481 e. The van der Waals surface area contributed by atoms with Gasteiger partial charge in [-0.2, -0.15) is 0 Å². The minimum Gasteiger partial charge on any atom is -0.481 e. The molecule has 0 aliphatic rings. The van der Waals surface area contributed by atoms with Gasteiger partial charge in [-0.3, -0.25) is 9.59 Å². The Bertz CT molecular complexity index is 265. The Morgan fingerprint density at radius 1 is 1.17 bits per heavy atom. The summed E-state index contributed by atoms with van der Waals surface area (Å²) in [6, 6.07) is 0. The fraction of sp³-hybridized carbons (Fsp3) is 0.846. The van der Waals surface area contributed by atoms with Crippen LogP contribution in [0.3, 0.4) is 0 Å². The van der Waals surface area contributed by atoms with E-state index in [0.29, 0.717) is 25.9 Å². The second-order valence-electron chi connectivity index (χ2n) is 5.40. The first-order chi connectivity index (χ1) is 8.37. The fourth-order valence-electron chi connectivity index (χ4n) is 1.63. The van der Waals surface area contributed by atoms with Gasteiger partial charge in [0.1, 0.15) is 0 Å². The first kappa shape index (κ1) is 16.9. The summed E-state index contributed by atoms with van der Waals surface area (Å²) in [6.45, 7) is 5.27. The Kier molecular flexibility index (Phi) is 8.37. The molecule has 5 nitrogen and oxygen atoms in total. The summed E-state index contributed by atoms with van der Waals surface area (Å²) in [5, 5.41) is 11.5. The average molecular weight is 258 g/mol. The van der Waals surface area contributed by atoms with Crippen molar-refractivity contribution in [2.45, 2.75) is 52.4 Å². The van der Waals surface area contributed by atoms with Gasteiger partial charge >= 0.3 is 5.97 Å². The van der Waals surface area contributed by atoms with E-state index in [0.717, 1.165) is 19.3 Å². The maximum atomic E-state index is 11.4. The molecule has 4 N–H and O–H groups in total. The summed E-state index contributed by atoms with van der Waals surface area (Å²) >= 11 is 0. The summed E-state index contributed by atoms with van der Waals surface area (Å²) in [5.41, 5.74) is 5.30. The molecule has 0 saturated carbocycles. The van der Waals surface area contributed by atoms with Crippen LogP contribution in [0.2, 0.25) is 0 Å². The number of hydrogen-bond acceptors (Lipinski definition) is 3. The molecule has 0 atom stereocenters. The smallest absolute Gasteiger partial charge is 0.303 e. The predicted octanol–water partition coefficient (Wildman–Crippen LogP) is 1.51. The Labute approximate surface area is 109 Å². The molecule has 0 aromatic rings. The van der Waals surface area contributed by atoms with Crippen LogP contribution in [0.25, 0.3) is 0 Å². The molecule has 0 radical (unpaired) electrons. The van der Waals surface area contributed by atoms with Crippen LogP contribution in [0.5, 0.6) is 0 Å². The highest BCUT2D eigenvalue weighted by molar-refractivity contribution is 5.75. The van der Waals surface area contributed by atoms with Crippen LogP contribution in [0.1, 0.15) is 52.4 Å². The van der Waals surface area contributed by atoms with E-state index in [4.69, 9.17) is 10.8 Å². The topological polar surface area (TPSA) is 92.4 Å². The van der Waals surface area contributed by atoms with E-state index < -0.39 is 5.97 Å². The predicted molar refractivity (Wildman–Crippen MR) is 71.2 cm³/mol. The quantitative estimate of drug-likeness (QED) is 0.518. The number of hydrogen-bond donors (Lipinski definition) is 3. The van der Waals surface area contributed by atoms with Crippen LogP contribution in [-0.2, 0) is 9.59 Å². The normalized spacial score (nSPS) is 11.3. The third-order valence-electron chi connectivity index (χ3n) is 3.00. The zero-order chi connectivity index (χ0) is 14.0. The summed E-state index contributed by atoms with van der Waals surface area (Å²) in [5.74, 6) is -0.716. The number of carbonyl (C=O) groups excluding carboxylic acids is 1. The Hall–Kier alpha value is -1.10. The average Bonchev–Trinajstić information content (AvgIpc) is 2.27. The summed E-state index contributed by atoms with van der Waals surface area (Å²) in [4.78, 5) is 21.9. The third-order valence-corrected chi connectivity index (χ3v) is 3.00. The van der Waals surface area contributed by atoms with Crippen molar-refractivity contribution < 1.29 is 14.7 Å². The van der Waals surface area contributed by atoms with Crippen LogP contribution < -0.4 is 11.1 Å². The number of aliphatic carboxylic acids is 1. The van der Waals surface area contributed by atoms with E-state index in [1.165, 1.54) is 0 Å². The van der Waals surface area contributed by atoms with E-state index in [1.807, 2.05) is 13.8 Å². The van der Waals surface area contributed by atoms with Crippen molar-refractivity contribution in [3.05, 3.63) is 0 Å². The van der Waals surface area contributed by atoms with Crippen LogP contribution in [0.4, 0.5) is 0 Å². The van der Waals surface area contributed by atoms with Gasteiger partial charge in [-0.25, -0.2) is 0 Å². The molecule has 5 heteroatoms. The van der Waals surface area contributed by atoms with Gasteiger partial charge in [0.2, 0.25) is 5.91 Å². The van der Waals surface area contributed by atoms with Gasteiger partial charge in [-0.1, -0.05) is 13.8 Å². The lowest BCUT2D eigenvalue weighted by atomic mass is 9.84. The number of amides is 1. The van der Waals surface area contributed by atoms with Gasteiger partial charge in [0, 0.05) is 19.4 Å². The molecule has 0 aliphatic heterocycles. The standard InChI is InChI=1S/C13H26N2O3/c1-13(2,7-6-12(17)18)8-10-15-11(16)5-3-4-9-14/h3-10,14H2,1-2H3,(H,15,16)(H,17,18). The van der Waals surface area contributed by atoms with Crippen LogP contribution >= 0.6 is 0 Å². The molecule has 0 aromatic carbocycles. The van der Waals surface area contributed by atoms with E-state index in [-0.39, 0.29) is 17.7 Å². The second kappa shape index (κ2) is 8.91. The lowest BCUT2D eigenvalue weighted by Crippen LogP contribution is -2.28. The molecule has 18 heavy (non-hydrogen) atoms. The first-order valence-electron chi connectivity index (χ1n) is 6.56. The second-order valence-corrected chi connectivity index (χ2v) is 5.40. The summed E-state index contributed by atoms with van der Waals surface area (Å²) in [6.07, 6.45) is 3.82. The minimum absolute atomic E-state index is 0.0527. The molecule has 0 bridgehead atoms. The van der Waals surface area contributed by atoms with Crippen molar-refractivity contribution in [3.8, 4) is 0 Å². The molecule has 0 spiro atoms. The zero-order valence-corrected chi connectivity index (χ0v) is 11.5. The lowest BCUT2D eigenvalue weighted by Gasteiger charge is -2.23. The Morgan fingerprint density at radius 2 is 1.83 bits per heavy atom. The number of carbonyl (C=O) groups is 2. The number of rotatable bonds is 10. The molecule has 0 heterocycles. The highest BCUT2D eigenvalue weighted by Crippen LogP contribution is 2.25. The molecule has 0 unspecified atom stereocenters. The monoisotopic (exact) mass is 258 g/mol. The number of carboxylic acids is 1. The number of unbranched alkanes of at least 4 members (excludes halogenated alkanes) is 1. The van der Waals surface area contributed by atoms with Gasteiger partial charge in [0.15, 0.2) is 0 Å². The highest BCUT2D eigenvalue weighted by atomic mass is 16.4. The van der Waals surface area contributed by atoms with Crippen LogP contribution in [-0.4, -0.2) is 30.1 Å². The van der Waals surface area contributed by atoms with E-state index in [1.54, 1.807) is 0 Å². The van der Waals surface area contributed by atoms with Crippen LogP contribution in [0.15, 0.2) is 0 Å². The first-order valence-corrected chi connectivity index (χ1v) is 6.56. The molecule has 0 fully saturated rings. The fourth-order valence-corrected chi connectivity index (χ4v) is 1.63. The zero-order valence-electron chi connectivity index (χ0n) is 11.5. The van der Waals surface area contributed by atoms with Gasteiger partial charge < -0.3 is 16.2 Å². The van der Waals surface area contributed by atoms with E-state index in [2.05, 4.69) is 5.32 Å². The Morgan fingerprint density at radius 3 is 2.39 bits per heavy atom. The SMILES string of the molecule is CC(C)(CCNC(=O)CCCCN)CCC(=O)O. The lowest BCUT2D eigenvalue weighted by molar-refractivity contribution is -0.137. The number of nitrogens with one attached hydrogen (secondary N) is 1. The Balaban J connectivity index is 3.68. The minimum atomic E-state index is -0.770. The van der Waals surface area contributed by atoms with E-state index in [9.17, 15) is 9.59 Å².